The maximum Gasteiger partial charge on any atom is 0.336 e. The fraction of sp³-hybridized carbons (Fsp3) is 0.174. The average molecular weight is 389 g/mol. The third kappa shape index (κ3) is 4.43. The number of carbonyl (C=O) groups is 1. The van der Waals surface area contributed by atoms with Crippen molar-refractivity contribution < 1.29 is 18.4 Å². The van der Waals surface area contributed by atoms with Crippen LogP contribution in [0.15, 0.2) is 74.4 Å². The van der Waals surface area contributed by atoms with Gasteiger partial charge in [0.1, 0.15) is 11.3 Å². The summed E-state index contributed by atoms with van der Waals surface area (Å²) in [7, 11) is 0. The lowest BCUT2D eigenvalue weighted by atomic mass is 10.1. The highest BCUT2D eigenvalue weighted by molar-refractivity contribution is 5.82. The predicted octanol–water partition coefficient (Wildman–Crippen LogP) is 4.68. The van der Waals surface area contributed by atoms with E-state index in [-0.39, 0.29) is 12.4 Å². The first-order valence-electron chi connectivity index (χ1n) is 9.34. The lowest BCUT2D eigenvalue weighted by Gasteiger charge is -2.06. The number of fused-ring (bicyclic) bond motifs is 1. The van der Waals surface area contributed by atoms with Gasteiger partial charge in [-0.05, 0) is 31.0 Å². The predicted molar refractivity (Wildman–Crippen MR) is 108 cm³/mol. The second-order valence-electron chi connectivity index (χ2n) is 6.72. The maximum absolute atomic E-state index is 12.1. The average Bonchev–Trinajstić information content (AvgIpc) is 3.17. The molecule has 4 rings (SSSR count). The molecular weight excluding hydrogens is 370 g/mol. The van der Waals surface area contributed by atoms with Gasteiger partial charge in [0, 0.05) is 35.9 Å². The lowest BCUT2D eigenvalue weighted by molar-refractivity contribution is -0.134. The summed E-state index contributed by atoms with van der Waals surface area (Å²) in [5.74, 6) is 1.27. The molecule has 29 heavy (non-hydrogen) atoms. The Labute approximate surface area is 166 Å². The Balaban J connectivity index is 1.33. The number of ether oxygens (including phenoxy) is 1. The number of carbonyl (C=O) groups excluding carboxylic acids is 1. The molecule has 2 aromatic carbocycles. The Morgan fingerprint density at radius 2 is 1.90 bits per heavy atom. The van der Waals surface area contributed by atoms with Crippen LogP contribution in [0.25, 0.3) is 22.3 Å². The summed E-state index contributed by atoms with van der Waals surface area (Å²) in [5.41, 5.74) is 1.74. The first-order valence-corrected chi connectivity index (χ1v) is 9.34. The fourth-order valence-corrected chi connectivity index (χ4v) is 3.10. The number of hydrogen-bond donors (Lipinski definition) is 0. The van der Waals surface area contributed by atoms with Gasteiger partial charge in [-0.1, -0.05) is 30.3 Å². The minimum Gasteiger partial charge on any atom is -0.441 e. The van der Waals surface area contributed by atoms with E-state index in [1.54, 1.807) is 24.4 Å². The van der Waals surface area contributed by atoms with Crippen LogP contribution in [-0.2, 0) is 11.2 Å². The molecule has 6 heteroatoms. The monoisotopic (exact) mass is 389 g/mol. The van der Waals surface area contributed by atoms with Crippen LogP contribution in [0, 0.1) is 6.92 Å². The van der Waals surface area contributed by atoms with E-state index in [2.05, 4.69) is 4.98 Å². The van der Waals surface area contributed by atoms with Crippen molar-refractivity contribution in [1.82, 2.24) is 4.98 Å². The number of aryl methyl sites for hydroxylation is 2. The molecule has 0 atom stereocenters. The van der Waals surface area contributed by atoms with E-state index < -0.39 is 5.63 Å². The van der Waals surface area contributed by atoms with E-state index in [0.717, 1.165) is 16.5 Å². The van der Waals surface area contributed by atoms with Crippen molar-refractivity contribution in [3.63, 3.8) is 0 Å². The Bertz CT molecular complexity index is 1210. The van der Waals surface area contributed by atoms with Crippen LogP contribution in [0.1, 0.15) is 24.3 Å². The number of esters is 1. The Hall–Kier alpha value is -3.67. The van der Waals surface area contributed by atoms with Crippen molar-refractivity contribution in [3.8, 4) is 17.1 Å². The molecule has 0 bridgehead atoms. The Morgan fingerprint density at radius 3 is 2.72 bits per heavy atom. The second-order valence-corrected chi connectivity index (χ2v) is 6.72. The summed E-state index contributed by atoms with van der Waals surface area (Å²) in [5, 5.41) is 0.808. The van der Waals surface area contributed by atoms with E-state index in [1.165, 1.54) is 6.07 Å². The maximum atomic E-state index is 12.1. The number of nitrogens with zero attached hydrogens (tertiary/aromatic N) is 1. The molecule has 0 saturated heterocycles. The molecule has 2 aromatic heterocycles. The second kappa shape index (κ2) is 8.14. The lowest BCUT2D eigenvalue weighted by Crippen LogP contribution is -2.08. The summed E-state index contributed by atoms with van der Waals surface area (Å²) in [4.78, 5) is 27.9. The van der Waals surface area contributed by atoms with Crippen LogP contribution in [0.3, 0.4) is 0 Å². The van der Waals surface area contributed by atoms with Gasteiger partial charge >= 0.3 is 11.6 Å². The third-order valence-corrected chi connectivity index (χ3v) is 4.54. The molecule has 0 aliphatic heterocycles. The number of benzene rings is 2. The van der Waals surface area contributed by atoms with Gasteiger partial charge in [0.25, 0.3) is 0 Å². The molecular formula is C23H19NO5. The van der Waals surface area contributed by atoms with Crippen molar-refractivity contribution in [2.75, 3.05) is 0 Å². The quantitative estimate of drug-likeness (QED) is 0.270. The van der Waals surface area contributed by atoms with Gasteiger partial charge in [-0.3, -0.25) is 4.79 Å². The first-order chi connectivity index (χ1) is 14.1. The van der Waals surface area contributed by atoms with Crippen molar-refractivity contribution in [1.29, 1.82) is 0 Å². The Kier molecular flexibility index (Phi) is 5.24. The number of rotatable bonds is 6. The van der Waals surface area contributed by atoms with Crippen LogP contribution >= 0.6 is 0 Å². The summed E-state index contributed by atoms with van der Waals surface area (Å²) in [6, 6.07) is 16.2. The summed E-state index contributed by atoms with van der Waals surface area (Å²) in [6.45, 7) is 1.83. The minimum absolute atomic E-state index is 0.221. The molecule has 4 aromatic rings. The van der Waals surface area contributed by atoms with E-state index >= 15 is 0 Å². The molecule has 0 saturated carbocycles. The fourth-order valence-electron chi connectivity index (χ4n) is 3.10. The van der Waals surface area contributed by atoms with Gasteiger partial charge in [-0.2, -0.15) is 0 Å². The van der Waals surface area contributed by atoms with E-state index in [4.69, 9.17) is 13.6 Å². The summed E-state index contributed by atoms with van der Waals surface area (Å²) in [6.07, 6.45) is 3.00. The normalized spacial score (nSPS) is 10.9. The summed E-state index contributed by atoms with van der Waals surface area (Å²) >= 11 is 0. The van der Waals surface area contributed by atoms with Gasteiger partial charge in [0.15, 0.2) is 11.7 Å². The molecule has 0 amide bonds. The number of hydrogen-bond acceptors (Lipinski definition) is 6. The van der Waals surface area contributed by atoms with Crippen molar-refractivity contribution in [2.45, 2.75) is 26.2 Å². The zero-order valence-corrected chi connectivity index (χ0v) is 15.9. The van der Waals surface area contributed by atoms with Crippen LogP contribution in [0.2, 0.25) is 0 Å². The smallest absolute Gasteiger partial charge is 0.336 e. The first kappa shape index (κ1) is 18.7. The van der Waals surface area contributed by atoms with Crippen LogP contribution in [-0.4, -0.2) is 11.0 Å². The van der Waals surface area contributed by atoms with Gasteiger partial charge in [0.2, 0.25) is 0 Å². The molecule has 0 aliphatic carbocycles. The van der Waals surface area contributed by atoms with Crippen LogP contribution in [0.5, 0.6) is 5.75 Å². The largest absolute Gasteiger partial charge is 0.441 e. The van der Waals surface area contributed by atoms with E-state index in [0.29, 0.717) is 35.8 Å². The standard InChI is InChI=1S/C23H19NO5/c1-15-12-23(26)29-19-13-17(10-11-18(15)19)27-22(25)9-5-8-21-24-14-20(28-21)16-6-3-2-4-7-16/h2-4,6-7,10-14H,5,8-9H2,1H3. The van der Waals surface area contributed by atoms with Crippen molar-refractivity contribution in [3.05, 3.63) is 82.7 Å². The molecule has 0 spiro atoms. The zero-order valence-electron chi connectivity index (χ0n) is 15.9. The van der Waals surface area contributed by atoms with E-state index in [9.17, 15) is 9.59 Å². The molecule has 0 radical (unpaired) electrons. The van der Waals surface area contributed by atoms with Crippen LogP contribution in [0.4, 0.5) is 0 Å². The van der Waals surface area contributed by atoms with Gasteiger partial charge in [0.05, 0.1) is 6.20 Å². The Morgan fingerprint density at radius 1 is 1.07 bits per heavy atom. The number of oxazole rings is 1. The molecule has 2 heterocycles. The molecule has 0 aliphatic rings. The van der Waals surface area contributed by atoms with Gasteiger partial charge in [-0.25, -0.2) is 9.78 Å². The van der Waals surface area contributed by atoms with Gasteiger partial charge in [-0.15, -0.1) is 0 Å². The zero-order chi connectivity index (χ0) is 20.2. The molecule has 0 N–H and O–H groups in total. The van der Waals surface area contributed by atoms with E-state index in [1.807, 2.05) is 37.3 Å². The molecule has 6 nitrogen and oxygen atoms in total. The van der Waals surface area contributed by atoms with Crippen molar-refractivity contribution in [2.24, 2.45) is 0 Å². The highest BCUT2D eigenvalue weighted by atomic mass is 16.5. The third-order valence-electron chi connectivity index (χ3n) is 4.54. The highest BCUT2D eigenvalue weighted by Gasteiger charge is 2.10. The van der Waals surface area contributed by atoms with Crippen LogP contribution < -0.4 is 10.4 Å². The SMILES string of the molecule is Cc1cc(=O)oc2cc(OC(=O)CCCc3ncc(-c4ccccc4)o3)ccc12. The topological polar surface area (TPSA) is 82.5 Å². The number of aromatic nitrogens is 1. The molecule has 146 valence electrons. The summed E-state index contributed by atoms with van der Waals surface area (Å²) < 4.78 is 16.3. The minimum atomic E-state index is -0.431. The molecule has 0 unspecified atom stereocenters. The molecule has 0 fully saturated rings. The van der Waals surface area contributed by atoms with Crippen molar-refractivity contribution >= 4 is 16.9 Å². The highest BCUT2D eigenvalue weighted by Crippen LogP contribution is 2.23. The van der Waals surface area contributed by atoms with Gasteiger partial charge < -0.3 is 13.6 Å².